The van der Waals surface area contributed by atoms with Gasteiger partial charge in [-0.25, -0.2) is 0 Å². The molecule has 0 unspecified atom stereocenters. The lowest BCUT2D eigenvalue weighted by atomic mass is 10.0. The van der Waals surface area contributed by atoms with Crippen LogP contribution in [0.25, 0.3) is 16.6 Å². The Morgan fingerprint density at radius 3 is 2.31 bits per heavy atom. The van der Waals surface area contributed by atoms with Crippen molar-refractivity contribution < 1.29 is 19.1 Å². The number of methoxy groups -OCH3 is 1. The van der Waals surface area contributed by atoms with E-state index in [2.05, 4.69) is 40.7 Å². The van der Waals surface area contributed by atoms with E-state index in [0.717, 1.165) is 64.2 Å². The van der Waals surface area contributed by atoms with E-state index in [1.807, 2.05) is 95.6 Å². The molecule has 7 rings (SSSR count). The van der Waals surface area contributed by atoms with Crippen LogP contribution in [0.3, 0.4) is 0 Å². The minimum absolute atomic E-state index is 0.147. The molecule has 54 heavy (non-hydrogen) atoms. The molecule has 0 aliphatic carbocycles. The summed E-state index contributed by atoms with van der Waals surface area (Å²) < 4.78 is 7.05. The maximum absolute atomic E-state index is 14.9. The lowest BCUT2D eigenvalue weighted by molar-refractivity contribution is 0.0935. The number of amides is 2. The fourth-order valence-electron chi connectivity index (χ4n) is 6.91. The van der Waals surface area contributed by atoms with Crippen LogP contribution in [-0.4, -0.2) is 55.5 Å². The molecular formula is C45H44N4O4S. The minimum Gasteiger partial charge on any atom is -0.383 e. The number of hydrogen-bond acceptors (Lipinski definition) is 6. The van der Waals surface area contributed by atoms with Crippen LogP contribution < -0.4 is 15.5 Å². The number of ketones is 1. The first-order valence-electron chi connectivity index (χ1n) is 18.4. The Kier molecular flexibility index (Phi) is 11.6. The smallest absolute Gasteiger partial charge is 0.255 e. The van der Waals surface area contributed by atoms with Gasteiger partial charge in [-0.1, -0.05) is 48.5 Å². The highest BCUT2D eigenvalue weighted by Gasteiger charge is 2.24. The Hall–Kier alpha value is -5.64. The fraction of sp³-hybridized carbons (Fsp3) is 0.222. The molecule has 0 radical (unpaired) electrons. The van der Waals surface area contributed by atoms with Gasteiger partial charge in [0.25, 0.3) is 11.8 Å². The second-order valence-corrected chi connectivity index (χ2v) is 14.6. The molecule has 1 aliphatic rings. The number of aromatic nitrogens is 1. The number of carbonyl (C=O) groups excluding carboxylic acids is 3. The third-order valence-electron chi connectivity index (χ3n) is 9.71. The monoisotopic (exact) mass is 736 g/mol. The zero-order chi connectivity index (χ0) is 37.4. The molecule has 9 heteroatoms. The Morgan fingerprint density at radius 2 is 1.52 bits per heavy atom. The first-order valence-corrected chi connectivity index (χ1v) is 19.4. The highest BCUT2D eigenvalue weighted by atomic mass is 32.2. The topological polar surface area (TPSA) is 92.7 Å². The van der Waals surface area contributed by atoms with Crippen LogP contribution in [0.5, 0.6) is 0 Å². The van der Waals surface area contributed by atoms with Crippen LogP contribution in [0.1, 0.15) is 67.2 Å². The van der Waals surface area contributed by atoms with Crippen LogP contribution in [0.2, 0.25) is 0 Å². The van der Waals surface area contributed by atoms with Gasteiger partial charge in [0.1, 0.15) is 0 Å². The number of anilines is 2. The molecule has 2 amide bonds. The predicted molar refractivity (Wildman–Crippen MR) is 219 cm³/mol. The number of benzene rings is 5. The SMILES string of the molecule is COCCNC(=O)c1cccc(SCc2cccc(C(=O)Nc3ccc(N4CCCCC4)cc3C(=O)c3cc4ccc(C)cc4n3-c3ccccc3)c2)c1. The van der Waals surface area contributed by atoms with E-state index in [0.29, 0.717) is 47.0 Å². The number of fused-ring (bicyclic) bond motifs is 1. The molecule has 5 aromatic carbocycles. The number of rotatable bonds is 13. The summed E-state index contributed by atoms with van der Waals surface area (Å²) >= 11 is 1.59. The molecule has 0 spiro atoms. The molecule has 274 valence electrons. The molecule has 6 aromatic rings. The van der Waals surface area contributed by atoms with E-state index in [4.69, 9.17) is 4.74 Å². The van der Waals surface area contributed by atoms with Crippen molar-refractivity contribution >= 4 is 51.6 Å². The molecule has 1 fully saturated rings. The first-order chi connectivity index (χ1) is 26.4. The molecule has 2 heterocycles. The quantitative estimate of drug-likeness (QED) is 0.0699. The van der Waals surface area contributed by atoms with Gasteiger partial charge in [0.05, 0.1) is 23.5 Å². The van der Waals surface area contributed by atoms with Crippen molar-refractivity contribution in [2.24, 2.45) is 0 Å². The average Bonchev–Trinajstić information content (AvgIpc) is 3.59. The van der Waals surface area contributed by atoms with Crippen molar-refractivity contribution in [3.63, 3.8) is 0 Å². The van der Waals surface area contributed by atoms with E-state index in [-0.39, 0.29) is 17.6 Å². The van der Waals surface area contributed by atoms with Crippen molar-refractivity contribution in [1.82, 2.24) is 9.88 Å². The number of para-hydroxylation sites is 1. The summed E-state index contributed by atoms with van der Waals surface area (Å²) in [4.78, 5) is 44.6. The zero-order valence-corrected chi connectivity index (χ0v) is 31.5. The molecular weight excluding hydrogens is 693 g/mol. The van der Waals surface area contributed by atoms with Crippen molar-refractivity contribution in [2.75, 3.05) is 43.6 Å². The predicted octanol–water partition coefficient (Wildman–Crippen LogP) is 9.08. The number of ether oxygens (including phenoxy) is 1. The number of hydrogen-bond donors (Lipinski definition) is 2. The van der Waals surface area contributed by atoms with Gasteiger partial charge in [-0.05, 0) is 110 Å². The highest BCUT2D eigenvalue weighted by molar-refractivity contribution is 7.98. The normalized spacial score (nSPS) is 12.8. The summed E-state index contributed by atoms with van der Waals surface area (Å²) in [5.41, 5.74) is 7.41. The summed E-state index contributed by atoms with van der Waals surface area (Å²) in [6.07, 6.45) is 3.41. The van der Waals surface area contributed by atoms with E-state index < -0.39 is 0 Å². The van der Waals surface area contributed by atoms with Gasteiger partial charge < -0.3 is 24.8 Å². The third kappa shape index (κ3) is 8.43. The Balaban J connectivity index is 1.16. The van der Waals surface area contributed by atoms with Crippen LogP contribution in [-0.2, 0) is 10.5 Å². The fourth-order valence-corrected chi connectivity index (χ4v) is 7.81. The second kappa shape index (κ2) is 17.0. The average molecular weight is 737 g/mol. The lowest BCUT2D eigenvalue weighted by Crippen LogP contribution is -2.29. The number of piperidine rings is 1. The molecule has 1 aromatic heterocycles. The lowest BCUT2D eigenvalue weighted by Gasteiger charge is -2.29. The molecule has 0 saturated carbocycles. The van der Waals surface area contributed by atoms with Crippen molar-refractivity contribution in [3.05, 3.63) is 155 Å². The molecule has 0 atom stereocenters. The third-order valence-corrected chi connectivity index (χ3v) is 10.8. The van der Waals surface area contributed by atoms with Crippen LogP contribution >= 0.6 is 11.8 Å². The van der Waals surface area contributed by atoms with Gasteiger partial charge in [-0.2, -0.15) is 0 Å². The Morgan fingerprint density at radius 1 is 0.741 bits per heavy atom. The van der Waals surface area contributed by atoms with Gasteiger partial charge in [0, 0.05) is 70.8 Å². The van der Waals surface area contributed by atoms with E-state index >= 15 is 0 Å². The summed E-state index contributed by atoms with van der Waals surface area (Å²) in [5.74, 6) is -0.00277. The molecule has 1 saturated heterocycles. The second-order valence-electron chi connectivity index (χ2n) is 13.6. The maximum atomic E-state index is 14.9. The van der Waals surface area contributed by atoms with Crippen LogP contribution in [0.15, 0.2) is 126 Å². The summed E-state index contributed by atoms with van der Waals surface area (Å²) in [6.45, 7) is 4.80. The highest BCUT2D eigenvalue weighted by Crippen LogP contribution is 2.32. The number of thioether (sulfide) groups is 1. The van der Waals surface area contributed by atoms with E-state index in [1.54, 1.807) is 31.0 Å². The van der Waals surface area contributed by atoms with Gasteiger partial charge >= 0.3 is 0 Å². The number of carbonyl (C=O) groups is 3. The Labute approximate surface area is 320 Å². The first kappa shape index (κ1) is 36.7. The van der Waals surface area contributed by atoms with Gasteiger partial charge in [-0.15, -0.1) is 11.8 Å². The van der Waals surface area contributed by atoms with E-state index in [9.17, 15) is 14.4 Å². The van der Waals surface area contributed by atoms with Crippen molar-refractivity contribution in [2.45, 2.75) is 36.8 Å². The molecule has 1 aliphatic heterocycles. The Bertz CT molecular complexity index is 2290. The number of nitrogens with zero attached hydrogens (tertiary/aromatic N) is 2. The molecule has 0 bridgehead atoms. The summed E-state index contributed by atoms with van der Waals surface area (Å²) in [6, 6.07) is 38.9. The van der Waals surface area contributed by atoms with Gasteiger partial charge in [0.2, 0.25) is 5.78 Å². The summed E-state index contributed by atoms with van der Waals surface area (Å²) in [5, 5.41) is 6.93. The standard InChI is InChI=1S/C45H44N4O4S/c1-31-17-18-33-28-42(49(41(33)25-31)36-14-5-3-6-15-36)43(50)39-29-37(48-22-7-4-8-23-48)19-20-40(39)47-45(52)34-12-9-11-32(26-34)30-54-38-16-10-13-35(27-38)44(51)46-21-24-53-2/h3,5-6,9-20,25-29H,4,7-8,21-24,30H2,1-2H3,(H,46,51)(H,47,52). The molecule has 8 nitrogen and oxygen atoms in total. The number of aryl methyl sites for hydroxylation is 1. The summed E-state index contributed by atoms with van der Waals surface area (Å²) in [7, 11) is 1.60. The minimum atomic E-state index is -0.296. The van der Waals surface area contributed by atoms with Crippen LogP contribution in [0, 0.1) is 6.92 Å². The van der Waals surface area contributed by atoms with Crippen molar-refractivity contribution in [3.8, 4) is 5.69 Å². The van der Waals surface area contributed by atoms with Crippen LogP contribution in [0.4, 0.5) is 11.4 Å². The number of nitrogens with one attached hydrogen (secondary N) is 2. The molecule has 2 N–H and O–H groups in total. The zero-order valence-electron chi connectivity index (χ0n) is 30.6. The van der Waals surface area contributed by atoms with Gasteiger partial charge in [0.15, 0.2) is 0 Å². The largest absolute Gasteiger partial charge is 0.383 e. The maximum Gasteiger partial charge on any atom is 0.255 e. The van der Waals surface area contributed by atoms with Gasteiger partial charge in [-0.3, -0.25) is 14.4 Å². The van der Waals surface area contributed by atoms with Crippen molar-refractivity contribution in [1.29, 1.82) is 0 Å². The van der Waals surface area contributed by atoms with E-state index in [1.165, 1.54) is 6.42 Å².